The fourth-order valence-corrected chi connectivity index (χ4v) is 1.70. The zero-order valence-corrected chi connectivity index (χ0v) is 9.42. The van der Waals surface area contributed by atoms with Crippen molar-refractivity contribution in [2.75, 3.05) is 13.1 Å². The molecule has 15 heavy (non-hydrogen) atoms. The Labute approximate surface area is 93.6 Å². The lowest BCUT2D eigenvalue weighted by Crippen LogP contribution is -2.35. The summed E-state index contributed by atoms with van der Waals surface area (Å²) in [6.07, 6.45) is 0.295. The van der Waals surface area contributed by atoms with Crippen LogP contribution >= 0.6 is 12.6 Å². The first-order chi connectivity index (χ1) is 7.06. The van der Waals surface area contributed by atoms with E-state index >= 15 is 0 Å². The molecule has 1 aliphatic rings. The lowest BCUT2D eigenvalue weighted by molar-refractivity contribution is -0.138. The van der Waals surface area contributed by atoms with E-state index in [4.69, 9.17) is 0 Å². The fourth-order valence-electron chi connectivity index (χ4n) is 1.40. The Balaban J connectivity index is 2.42. The van der Waals surface area contributed by atoms with E-state index in [1.165, 1.54) is 0 Å². The van der Waals surface area contributed by atoms with Crippen molar-refractivity contribution in [3.63, 3.8) is 0 Å². The molecule has 0 spiro atoms. The van der Waals surface area contributed by atoms with Crippen molar-refractivity contribution < 1.29 is 14.4 Å². The SMILES string of the molecule is CCNC(=O)CCN1C(=O)CC(S)C1=O. The summed E-state index contributed by atoms with van der Waals surface area (Å²) in [5, 5.41) is 2.07. The van der Waals surface area contributed by atoms with Crippen molar-refractivity contribution in [1.29, 1.82) is 0 Å². The Morgan fingerprint density at radius 1 is 1.60 bits per heavy atom. The molecule has 1 unspecified atom stereocenters. The standard InChI is InChI=1S/C9H14N2O3S/c1-2-10-7(12)3-4-11-8(13)5-6(15)9(11)14/h6,15H,2-5H2,1H3,(H,10,12). The number of amides is 3. The molecular formula is C9H14N2O3S. The number of nitrogens with zero attached hydrogens (tertiary/aromatic N) is 1. The van der Waals surface area contributed by atoms with Crippen LogP contribution in [0.5, 0.6) is 0 Å². The number of carbonyl (C=O) groups is 3. The van der Waals surface area contributed by atoms with Crippen molar-refractivity contribution in [2.24, 2.45) is 0 Å². The summed E-state index contributed by atoms with van der Waals surface area (Å²) in [6.45, 7) is 2.52. The topological polar surface area (TPSA) is 66.5 Å². The van der Waals surface area contributed by atoms with Gasteiger partial charge in [0.25, 0.3) is 0 Å². The van der Waals surface area contributed by atoms with Gasteiger partial charge in [-0.1, -0.05) is 0 Å². The second-order valence-electron chi connectivity index (χ2n) is 3.31. The van der Waals surface area contributed by atoms with Gasteiger partial charge in [-0.15, -0.1) is 0 Å². The number of likely N-dealkylation sites (tertiary alicyclic amines) is 1. The largest absolute Gasteiger partial charge is 0.356 e. The molecule has 0 saturated carbocycles. The summed E-state index contributed by atoms with van der Waals surface area (Å²) in [6, 6.07) is 0. The number of hydrogen-bond donors (Lipinski definition) is 2. The molecule has 84 valence electrons. The van der Waals surface area contributed by atoms with Crippen LogP contribution in [0.25, 0.3) is 0 Å². The summed E-state index contributed by atoms with van der Waals surface area (Å²) in [5.41, 5.74) is 0. The van der Waals surface area contributed by atoms with E-state index < -0.39 is 5.25 Å². The molecular weight excluding hydrogens is 216 g/mol. The van der Waals surface area contributed by atoms with Gasteiger partial charge in [-0.2, -0.15) is 12.6 Å². The number of thiol groups is 1. The molecule has 1 rings (SSSR count). The van der Waals surface area contributed by atoms with Crippen LogP contribution in [0.4, 0.5) is 0 Å². The molecule has 0 aromatic carbocycles. The van der Waals surface area contributed by atoms with E-state index in [0.29, 0.717) is 6.54 Å². The van der Waals surface area contributed by atoms with E-state index in [2.05, 4.69) is 17.9 Å². The Morgan fingerprint density at radius 2 is 2.27 bits per heavy atom. The molecule has 0 aromatic rings. The van der Waals surface area contributed by atoms with Crippen LogP contribution in [-0.2, 0) is 14.4 Å². The number of hydrogen-bond acceptors (Lipinski definition) is 4. The quantitative estimate of drug-likeness (QED) is 0.509. The van der Waals surface area contributed by atoms with Gasteiger partial charge in [-0.25, -0.2) is 0 Å². The van der Waals surface area contributed by atoms with Crippen molar-refractivity contribution >= 4 is 30.4 Å². The summed E-state index contributed by atoms with van der Waals surface area (Å²) in [4.78, 5) is 34.9. The highest BCUT2D eigenvalue weighted by Gasteiger charge is 2.35. The summed E-state index contributed by atoms with van der Waals surface area (Å²) >= 11 is 3.98. The second-order valence-corrected chi connectivity index (χ2v) is 3.93. The van der Waals surface area contributed by atoms with Crippen molar-refractivity contribution in [3.8, 4) is 0 Å². The van der Waals surface area contributed by atoms with E-state index in [1.54, 1.807) is 0 Å². The van der Waals surface area contributed by atoms with Gasteiger partial charge >= 0.3 is 0 Å². The van der Waals surface area contributed by atoms with Crippen molar-refractivity contribution in [2.45, 2.75) is 25.0 Å². The molecule has 0 aromatic heterocycles. The predicted molar refractivity (Wildman–Crippen MR) is 57.4 cm³/mol. The predicted octanol–water partition coefficient (Wildman–Crippen LogP) is -0.430. The van der Waals surface area contributed by atoms with Gasteiger partial charge in [0.05, 0.1) is 5.25 Å². The minimum Gasteiger partial charge on any atom is -0.356 e. The maximum atomic E-state index is 11.4. The number of carbonyl (C=O) groups excluding carboxylic acids is 3. The molecule has 1 saturated heterocycles. The van der Waals surface area contributed by atoms with Gasteiger partial charge < -0.3 is 5.32 Å². The van der Waals surface area contributed by atoms with Gasteiger partial charge in [0.15, 0.2) is 0 Å². The number of nitrogens with one attached hydrogen (secondary N) is 1. The Morgan fingerprint density at radius 3 is 2.73 bits per heavy atom. The third kappa shape index (κ3) is 2.95. The monoisotopic (exact) mass is 230 g/mol. The van der Waals surface area contributed by atoms with Crippen LogP contribution in [0.2, 0.25) is 0 Å². The molecule has 0 radical (unpaired) electrons. The molecule has 0 bridgehead atoms. The van der Waals surface area contributed by atoms with E-state index in [1.807, 2.05) is 6.92 Å². The second kappa shape index (κ2) is 5.16. The highest BCUT2D eigenvalue weighted by molar-refractivity contribution is 7.81. The molecule has 1 fully saturated rings. The first-order valence-corrected chi connectivity index (χ1v) is 5.37. The van der Waals surface area contributed by atoms with Crippen LogP contribution in [0, 0.1) is 0 Å². The molecule has 1 atom stereocenters. The molecule has 1 heterocycles. The third-order valence-corrected chi connectivity index (χ3v) is 2.56. The fraction of sp³-hybridized carbons (Fsp3) is 0.667. The minimum absolute atomic E-state index is 0.136. The summed E-state index contributed by atoms with van der Waals surface area (Å²) in [7, 11) is 0. The molecule has 5 nitrogen and oxygen atoms in total. The van der Waals surface area contributed by atoms with Crippen LogP contribution in [0.1, 0.15) is 19.8 Å². The molecule has 0 aliphatic carbocycles. The van der Waals surface area contributed by atoms with Gasteiger partial charge in [0.2, 0.25) is 17.7 Å². The minimum atomic E-state index is -0.535. The van der Waals surface area contributed by atoms with Crippen LogP contribution < -0.4 is 5.32 Å². The normalized spacial score (nSPS) is 20.9. The van der Waals surface area contributed by atoms with Crippen molar-refractivity contribution in [1.82, 2.24) is 10.2 Å². The lowest BCUT2D eigenvalue weighted by atomic mass is 10.3. The van der Waals surface area contributed by atoms with E-state index in [-0.39, 0.29) is 37.1 Å². The van der Waals surface area contributed by atoms with Gasteiger partial charge in [0, 0.05) is 25.9 Å². The Hall–Kier alpha value is -1.04. The van der Waals surface area contributed by atoms with Gasteiger partial charge in [0.1, 0.15) is 0 Å². The highest BCUT2D eigenvalue weighted by atomic mass is 32.1. The lowest BCUT2D eigenvalue weighted by Gasteiger charge is -2.13. The van der Waals surface area contributed by atoms with Crippen LogP contribution in [0.3, 0.4) is 0 Å². The Bertz CT molecular complexity index is 293. The molecule has 1 N–H and O–H groups in total. The zero-order chi connectivity index (χ0) is 11.4. The summed E-state index contributed by atoms with van der Waals surface area (Å²) in [5.74, 6) is -0.697. The van der Waals surface area contributed by atoms with Crippen LogP contribution in [0.15, 0.2) is 0 Å². The molecule has 1 aliphatic heterocycles. The van der Waals surface area contributed by atoms with E-state index in [0.717, 1.165) is 4.90 Å². The summed E-state index contributed by atoms with van der Waals surface area (Å²) < 4.78 is 0. The Kier molecular flexibility index (Phi) is 4.14. The van der Waals surface area contributed by atoms with E-state index in [9.17, 15) is 14.4 Å². The average molecular weight is 230 g/mol. The van der Waals surface area contributed by atoms with Crippen molar-refractivity contribution in [3.05, 3.63) is 0 Å². The van der Waals surface area contributed by atoms with Gasteiger partial charge in [-0.05, 0) is 6.92 Å². The van der Waals surface area contributed by atoms with Crippen LogP contribution in [-0.4, -0.2) is 41.0 Å². The van der Waals surface area contributed by atoms with Gasteiger partial charge in [-0.3, -0.25) is 19.3 Å². The third-order valence-electron chi connectivity index (χ3n) is 2.16. The highest BCUT2D eigenvalue weighted by Crippen LogP contribution is 2.17. The number of imide groups is 1. The maximum Gasteiger partial charge on any atom is 0.242 e. The molecule has 6 heteroatoms. The molecule has 3 amide bonds. The maximum absolute atomic E-state index is 11.4. The smallest absolute Gasteiger partial charge is 0.242 e. The number of rotatable bonds is 4. The average Bonchev–Trinajstić information content (AvgIpc) is 2.40. The first-order valence-electron chi connectivity index (χ1n) is 4.85. The zero-order valence-electron chi connectivity index (χ0n) is 8.52. The first kappa shape index (κ1) is 12.0.